The first-order chi connectivity index (χ1) is 6.33. The highest BCUT2D eigenvalue weighted by molar-refractivity contribution is 7.17. The fraction of sp³-hybridized carbons (Fsp3) is 0.143. The van der Waals surface area contributed by atoms with Crippen molar-refractivity contribution in [2.24, 2.45) is 5.11 Å². The molecule has 0 amide bonds. The maximum atomic E-state index is 8.29. The minimum atomic E-state index is 0.408. The second-order valence-electron chi connectivity index (χ2n) is 2.48. The standard InChI is InChI=1S/C7H5N5S/c1-4-2-13-6-5(4)9-3-10-7(6)11-12-8/h2-3H,1H3. The van der Waals surface area contributed by atoms with Gasteiger partial charge >= 0.3 is 0 Å². The second-order valence-corrected chi connectivity index (χ2v) is 3.36. The Labute approximate surface area is 77.7 Å². The van der Waals surface area contributed by atoms with E-state index in [1.54, 1.807) is 0 Å². The van der Waals surface area contributed by atoms with Crippen LogP contribution in [0.1, 0.15) is 5.56 Å². The minimum Gasteiger partial charge on any atom is -0.235 e. The molecule has 2 rings (SSSR count). The van der Waals surface area contributed by atoms with Gasteiger partial charge in [-0.3, -0.25) is 0 Å². The van der Waals surface area contributed by atoms with E-state index in [1.807, 2.05) is 12.3 Å². The molecule has 2 heterocycles. The van der Waals surface area contributed by atoms with Crippen LogP contribution in [0.5, 0.6) is 0 Å². The van der Waals surface area contributed by atoms with Crippen LogP contribution in [0.25, 0.3) is 20.7 Å². The molecule has 0 fully saturated rings. The van der Waals surface area contributed by atoms with Crippen molar-refractivity contribution in [1.82, 2.24) is 9.97 Å². The Bertz CT molecular complexity index is 497. The van der Waals surface area contributed by atoms with E-state index in [4.69, 9.17) is 5.53 Å². The molecule has 0 saturated heterocycles. The van der Waals surface area contributed by atoms with Gasteiger partial charge < -0.3 is 0 Å². The number of rotatable bonds is 1. The van der Waals surface area contributed by atoms with Crippen LogP contribution < -0.4 is 0 Å². The van der Waals surface area contributed by atoms with Crippen LogP contribution in [0.4, 0.5) is 5.82 Å². The van der Waals surface area contributed by atoms with Crippen molar-refractivity contribution in [3.05, 3.63) is 27.7 Å². The van der Waals surface area contributed by atoms with Gasteiger partial charge in [0, 0.05) is 4.91 Å². The van der Waals surface area contributed by atoms with E-state index in [-0.39, 0.29) is 0 Å². The largest absolute Gasteiger partial charge is 0.235 e. The molecule has 0 aromatic carbocycles. The summed E-state index contributed by atoms with van der Waals surface area (Å²) >= 11 is 1.49. The topological polar surface area (TPSA) is 74.5 Å². The van der Waals surface area contributed by atoms with E-state index in [2.05, 4.69) is 20.0 Å². The van der Waals surface area contributed by atoms with Crippen LogP contribution >= 0.6 is 11.3 Å². The molecule has 0 atom stereocenters. The first-order valence-corrected chi connectivity index (χ1v) is 4.45. The number of nitrogens with zero attached hydrogens (tertiary/aromatic N) is 5. The lowest BCUT2D eigenvalue weighted by Gasteiger charge is -1.92. The highest BCUT2D eigenvalue weighted by Gasteiger charge is 2.05. The highest BCUT2D eigenvalue weighted by atomic mass is 32.1. The van der Waals surface area contributed by atoms with Gasteiger partial charge in [-0.25, -0.2) is 9.97 Å². The van der Waals surface area contributed by atoms with E-state index in [1.165, 1.54) is 17.7 Å². The predicted octanol–water partition coefficient (Wildman–Crippen LogP) is 2.94. The fourth-order valence-corrected chi connectivity index (χ4v) is 2.00. The van der Waals surface area contributed by atoms with Crippen molar-refractivity contribution < 1.29 is 0 Å². The van der Waals surface area contributed by atoms with Crippen LogP contribution in [-0.4, -0.2) is 9.97 Å². The van der Waals surface area contributed by atoms with Crippen LogP contribution in [0.15, 0.2) is 16.8 Å². The average Bonchev–Trinajstić information content (AvgIpc) is 2.50. The van der Waals surface area contributed by atoms with Gasteiger partial charge in [-0.15, -0.1) is 11.3 Å². The van der Waals surface area contributed by atoms with Crippen molar-refractivity contribution in [2.75, 3.05) is 0 Å². The molecular formula is C7H5N5S. The predicted molar refractivity (Wildman–Crippen MR) is 51.0 cm³/mol. The molecule has 0 aliphatic rings. The van der Waals surface area contributed by atoms with Gasteiger partial charge in [0.25, 0.3) is 0 Å². The molecule has 13 heavy (non-hydrogen) atoms. The van der Waals surface area contributed by atoms with Crippen molar-refractivity contribution >= 4 is 27.4 Å². The molecule has 0 unspecified atom stereocenters. The van der Waals surface area contributed by atoms with Gasteiger partial charge in [-0.1, -0.05) is 0 Å². The Balaban J connectivity index is 2.84. The first-order valence-electron chi connectivity index (χ1n) is 3.57. The maximum absolute atomic E-state index is 8.29. The van der Waals surface area contributed by atoms with Gasteiger partial charge in [-0.05, 0) is 28.5 Å². The molecule has 0 aliphatic heterocycles. The lowest BCUT2D eigenvalue weighted by molar-refractivity contribution is 1.19. The minimum absolute atomic E-state index is 0.408. The number of aromatic nitrogens is 2. The quantitative estimate of drug-likeness (QED) is 0.394. The van der Waals surface area contributed by atoms with Gasteiger partial charge in [0.1, 0.15) is 12.1 Å². The number of hydrogen-bond donors (Lipinski definition) is 0. The summed E-state index contributed by atoms with van der Waals surface area (Å²) in [6, 6.07) is 0. The van der Waals surface area contributed by atoms with Gasteiger partial charge in [-0.2, -0.15) is 0 Å². The molecule has 2 aromatic heterocycles. The van der Waals surface area contributed by atoms with Crippen LogP contribution in [0.2, 0.25) is 0 Å². The number of thiophene rings is 1. The molecule has 0 radical (unpaired) electrons. The normalized spacial score (nSPS) is 9.92. The van der Waals surface area contributed by atoms with Crippen LogP contribution in [0, 0.1) is 6.92 Å². The zero-order valence-electron chi connectivity index (χ0n) is 6.80. The molecule has 0 spiro atoms. The summed E-state index contributed by atoms with van der Waals surface area (Å²) in [5.74, 6) is 0.408. The molecule has 0 aliphatic carbocycles. The zero-order chi connectivity index (χ0) is 9.26. The third-order valence-electron chi connectivity index (χ3n) is 1.65. The SMILES string of the molecule is Cc1csc2c(N=[N+]=[N-])ncnc12. The summed E-state index contributed by atoms with van der Waals surface area (Å²) in [7, 11) is 0. The van der Waals surface area contributed by atoms with Gasteiger partial charge in [0.15, 0.2) is 0 Å². The van der Waals surface area contributed by atoms with E-state index < -0.39 is 0 Å². The van der Waals surface area contributed by atoms with Crippen molar-refractivity contribution in [1.29, 1.82) is 0 Å². The molecule has 0 N–H and O–H groups in total. The molecule has 0 saturated carbocycles. The van der Waals surface area contributed by atoms with Crippen molar-refractivity contribution in [2.45, 2.75) is 6.92 Å². The fourth-order valence-electron chi connectivity index (χ4n) is 1.07. The maximum Gasteiger partial charge on any atom is 0.147 e. The van der Waals surface area contributed by atoms with Crippen LogP contribution in [0.3, 0.4) is 0 Å². The molecular weight excluding hydrogens is 186 g/mol. The molecule has 0 bridgehead atoms. The van der Waals surface area contributed by atoms with E-state index in [0.717, 1.165) is 15.8 Å². The summed E-state index contributed by atoms with van der Waals surface area (Å²) in [5.41, 5.74) is 10.2. The van der Waals surface area contributed by atoms with Gasteiger partial charge in [0.2, 0.25) is 0 Å². The van der Waals surface area contributed by atoms with Crippen LogP contribution in [-0.2, 0) is 0 Å². The number of fused-ring (bicyclic) bond motifs is 1. The first kappa shape index (κ1) is 7.97. The highest BCUT2D eigenvalue weighted by Crippen LogP contribution is 2.29. The third-order valence-corrected chi connectivity index (χ3v) is 2.73. The molecule has 5 nitrogen and oxygen atoms in total. The Kier molecular flexibility index (Phi) is 1.84. The lowest BCUT2D eigenvalue weighted by atomic mass is 10.3. The summed E-state index contributed by atoms with van der Waals surface area (Å²) in [4.78, 5) is 10.7. The Hall–Kier alpha value is -1.65. The molecule has 64 valence electrons. The summed E-state index contributed by atoms with van der Waals surface area (Å²) in [6.07, 6.45) is 1.41. The summed E-state index contributed by atoms with van der Waals surface area (Å²) < 4.78 is 0.845. The summed E-state index contributed by atoms with van der Waals surface area (Å²) in [6.45, 7) is 1.96. The van der Waals surface area contributed by atoms with Crippen molar-refractivity contribution in [3.8, 4) is 0 Å². The number of azide groups is 1. The lowest BCUT2D eigenvalue weighted by Crippen LogP contribution is -1.78. The monoisotopic (exact) mass is 191 g/mol. The Morgan fingerprint density at radius 1 is 1.54 bits per heavy atom. The molecule has 6 heteroatoms. The van der Waals surface area contributed by atoms with E-state index in [9.17, 15) is 0 Å². The number of aryl methyl sites for hydroxylation is 1. The summed E-state index contributed by atoms with van der Waals surface area (Å²) in [5, 5.41) is 5.46. The third kappa shape index (κ3) is 1.22. The second kappa shape index (κ2) is 3.01. The smallest absolute Gasteiger partial charge is 0.147 e. The van der Waals surface area contributed by atoms with E-state index in [0.29, 0.717) is 5.82 Å². The van der Waals surface area contributed by atoms with E-state index >= 15 is 0 Å². The average molecular weight is 191 g/mol. The molecule has 2 aromatic rings. The Morgan fingerprint density at radius 3 is 3.15 bits per heavy atom. The Morgan fingerprint density at radius 2 is 2.38 bits per heavy atom. The van der Waals surface area contributed by atoms with Crippen molar-refractivity contribution in [3.63, 3.8) is 0 Å². The van der Waals surface area contributed by atoms with Gasteiger partial charge in [0.05, 0.1) is 10.2 Å². The zero-order valence-corrected chi connectivity index (χ0v) is 7.62. The number of hydrogen-bond acceptors (Lipinski definition) is 4.